The number of aliphatic imine (C=N–C) groups is 1. The lowest BCUT2D eigenvalue weighted by atomic mass is 10.1. The van der Waals surface area contributed by atoms with Gasteiger partial charge < -0.3 is 18.9 Å². The number of nitrogens with zero attached hydrogens (tertiary/aromatic N) is 1. The molecule has 0 spiro atoms. The lowest BCUT2D eigenvalue weighted by Gasteiger charge is -2.09. The number of benzene rings is 2. The molecule has 1 aliphatic heterocycles. The standard InChI is InChI=1S/C21H21NO5/c1-13(2)26-16-8-6-15(7-9-16)20-22-17(21(23)27-20)11-14-5-10-18(24-3)19(12-14)25-4/h5-13H,1-4H3/b17-11-. The van der Waals surface area contributed by atoms with Gasteiger partial charge in [-0.1, -0.05) is 6.07 Å². The Morgan fingerprint density at radius 1 is 1.00 bits per heavy atom. The Bertz CT molecular complexity index is 897. The zero-order chi connectivity index (χ0) is 19.4. The van der Waals surface area contributed by atoms with Crippen molar-refractivity contribution in [2.45, 2.75) is 20.0 Å². The zero-order valence-electron chi connectivity index (χ0n) is 15.7. The Balaban J connectivity index is 1.84. The van der Waals surface area contributed by atoms with E-state index in [0.29, 0.717) is 17.1 Å². The molecule has 0 unspecified atom stereocenters. The fourth-order valence-electron chi connectivity index (χ4n) is 2.58. The highest BCUT2D eigenvalue weighted by atomic mass is 16.6. The van der Waals surface area contributed by atoms with Crippen molar-refractivity contribution in [1.82, 2.24) is 0 Å². The number of cyclic esters (lactones) is 1. The lowest BCUT2D eigenvalue weighted by molar-refractivity contribution is -0.129. The lowest BCUT2D eigenvalue weighted by Crippen LogP contribution is -2.07. The van der Waals surface area contributed by atoms with Gasteiger partial charge in [-0.3, -0.25) is 0 Å². The molecule has 27 heavy (non-hydrogen) atoms. The molecule has 6 heteroatoms. The third kappa shape index (κ3) is 4.28. The van der Waals surface area contributed by atoms with Crippen LogP contribution in [0.4, 0.5) is 0 Å². The van der Waals surface area contributed by atoms with Gasteiger partial charge in [-0.15, -0.1) is 0 Å². The van der Waals surface area contributed by atoms with Crippen LogP contribution in [0.1, 0.15) is 25.0 Å². The molecule has 0 atom stereocenters. The fourth-order valence-corrected chi connectivity index (χ4v) is 2.58. The highest BCUT2D eigenvalue weighted by Crippen LogP contribution is 2.29. The second kappa shape index (κ2) is 7.95. The predicted molar refractivity (Wildman–Crippen MR) is 102 cm³/mol. The average molecular weight is 367 g/mol. The summed E-state index contributed by atoms with van der Waals surface area (Å²) < 4.78 is 21.4. The molecular weight excluding hydrogens is 346 g/mol. The van der Waals surface area contributed by atoms with Gasteiger partial charge in [0.05, 0.1) is 20.3 Å². The van der Waals surface area contributed by atoms with Crippen molar-refractivity contribution in [1.29, 1.82) is 0 Å². The Labute approximate surface area is 158 Å². The minimum Gasteiger partial charge on any atom is -0.493 e. The molecule has 2 aromatic rings. The number of hydrogen-bond acceptors (Lipinski definition) is 6. The summed E-state index contributed by atoms with van der Waals surface area (Å²) in [4.78, 5) is 16.5. The maximum atomic E-state index is 12.2. The van der Waals surface area contributed by atoms with Crippen LogP contribution in [-0.2, 0) is 9.53 Å². The van der Waals surface area contributed by atoms with Gasteiger partial charge in [-0.25, -0.2) is 9.79 Å². The normalized spacial score (nSPS) is 14.9. The van der Waals surface area contributed by atoms with Crippen LogP contribution in [0.3, 0.4) is 0 Å². The largest absolute Gasteiger partial charge is 0.493 e. The maximum Gasteiger partial charge on any atom is 0.363 e. The minimum absolute atomic E-state index is 0.0912. The molecular formula is C21H21NO5. The van der Waals surface area contributed by atoms with E-state index in [-0.39, 0.29) is 17.7 Å². The fraction of sp³-hybridized carbons (Fsp3) is 0.238. The number of methoxy groups -OCH3 is 2. The summed E-state index contributed by atoms with van der Waals surface area (Å²) in [5.41, 5.74) is 1.68. The first-order valence-electron chi connectivity index (χ1n) is 8.52. The minimum atomic E-state index is -0.498. The number of ether oxygens (including phenoxy) is 4. The summed E-state index contributed by atoms with van der Waals surface area (Å²) in [5.74, 6) is 1.70. The van der Waals surface area contributed by atoms with Crippen molar-refractivity contribution in [3.63, 3.8) is 0 Å². The molecule has 0 aromatic heterocycles. The Kier molecular flexibility index (Phi) is 5.45. The third-order valence-electron chi connectivity index (χ3n) is 3.80. The van der Waals surface area contributed by atoms with Crippen molar-refractivity contribution in [2.75, 3.05) is 14.2 Å². The van der Waals surface area contributed by atoms with Crippen LogP contribution in [0.5, 0.6) is 17.2 Å². The van der Waals surface area contributed by atoms with Gasteiger partial charge in [0.25, 0.3) is 0 Å². The van der Waals surface area contributed by atoms with Gasteiger partial charge >= 0.3 is 5.97 Å². The van der Waals surface area contributed by atoms with E-state index in [9.17, 15) is 4.79 Å². The maximum absolute atomic E-state index is 12.2. The summed E-state index contributed by atoms with van der Waals surface area (Å²) in [6.07, 6.45) is 1.74. The summed E-state index contributed by atoms with van der Waals surface area (Å²) in [7, 11) is 3.12. The number of esters is 1. The highest BCUT2D eigenvalue weighted by Gasteiger charge is 2.24. The van der Waals surface area contributed by atoms with E-state index in [1.807, 2.05) is 44.2 Å². The van der Waals surface area contributed by atoms with E-state index >= 15 is 0 Å². The van der Waals surface area contributed by atoms with Gasteiger partial charge in [0, 0.05) is 5.56 Å². The molecule has 0 radical (unpaired) electrons. The molecule has 1 aliphatic rings. The molecule has 1 heterocycles. The van der Waals surface area contributed by atoms with Crippen molar-refractivity contribution in [3.05, 3.63) is 59.3 Å². The van der Waals surface area contributed by atoms with Gasteiger partial charge in [0.1, 0.15) is 5.75 Å². The van der Waals surface area contributed by atoms with Gasteiger partial charge in [0.2, 0.25) is 5.90 Å². The highest BCUT2D eigenvalue weighted by molar-refractivity contribution is 6.12. The second-order valence-electron chi connectivity index (χ2n) is 6.14. The van der Waals surface area contributed by atoms with Crippen LogP contribution in [0.25, 0.3) is 6.08 Å². The first kappa shape index (κ1) is 18.5. The Hall–Kier alpha value is -3.28. The molecule has 0 saturated heterocycles. The molecule has 0 fully saturated rings. The Morgan fingerprint density at radius 2 is 1.70 bits per heavy atom. The summed E-state index contributed by atoms with van der Waals surface area (Å²) >= 11 is 0. The molecule has 0 amide bonds. The van der Waals surface area contributed by atoms with Crippen LogP contribution < -0.4 is 14.2 Å². The summed E-state index contributed by atoms with van der Waals surface area (Å²) in [6, 6.07) is 12.6. The number of rotatable bonds is 6. The van der Waals surface area contributed by atoms with Crippen LogP contribution in [0.15, 0.2) is 53.2 Å². The van der Waals surface area contributed by atoms with E-state index < -0.39 is 5.97 Å². The summed E-state index contributed by atoms with van der Waals surface area (Å²) in [5, 5.41) is 0. The number of carbonyl (C=O) groups is 1. The van der Waals surface area contributed by atoms with Crippen LogP contribution >= 0.6 is 0 Å². The SMILES string of the molecule is COc1ccc(/C=C2\N=C(c3ccc(OC(C)C)cc3)OC2=O)cc1OC. The molecule has 0 N–H and O–H groups in total. The molecule has 140 valence electrons. The molecule has 3 rings (SSSR count). The summed E-state index contributed by atoms with van der Waals surface area (Å²) in [6.45, 7) is 3.92. The van der Waals surface area contributed by atoms with Gasteiger partial charge in [0.15, 0.2) is 17.2 Å². The second-order valence-corrected chi connectivity index (χ2v) is 6.14. The van der Waals surface area contributed by atoms with Gasteiger partial charge in [-0.2, -0.15) is 0 Å². The molecule has 2 aromatic carbocycles. The quantitative estimate of drug-likeness (QED) is 0.573. The number of hydrogen-bond donors (Lipinski definition) is 0. The van der Waals surface area contributed by atoms with E-state index in [1.54, 1.807) is 32.4 Å². The zero-order valence-corrected chi connectivity index (χ0v) is 15.7. The van der Waals surface area contributed by atoms with Crippen LogP contribution in [-0.4, -0.2) is 32.2 Å². The van der Waals surface area contributed by atoms with Crippen molar-refractivity contribution in [3.8, 4) is 17.2 Å². The van der Waals surface area contributed by atoms with Gasteiger partial charge in [-0.05, 0) is 61.9 Å². The predicted octanol–water partition coefficient (Wildman–Crippen LogP) is 3.84. The van der Waals surface area contributed by atoms with E-state index in [1.165, 1.54) is 0 Å². The smallest absolute Gasteiger partial charge is 0.363 e. The molecule has 0 bridgehead atoms. The van der Waals surface area contributed by atoms with Crippen LogP contribution in [0.2, 0.25) is 0 Å². The first-order chi connectivity index (χ1) is 13.0. The van der Waals surface area contributed by atoms with E-state index in [4.69, 9.17) is 18.9 Å². The van der Waals surface area contributed by atoms with Crippen molar-refractivity contribution < 1.29 is 23.7 Å². The molecule has 0 saturated carbocycles. The van der Waals surface area contributed by atoms with Crippen molar-refractivity contribution in [2.24, 2.45) is 4.99 Å². The van der Waals surface area contributed by atoms with Crippen LogP contribution in [0, 0.1) is 0 Å². The number of carbonyl (C=O) groups excluding carboxylic acids is 1. The third-order valence-corrected chi connectivity index (χ3v) is 3.80. The molecule has 6 nitrogen and oxygen atoms in total. The van der Waals surface area contributed by atoms with Crippen molar-refractivity contribution >= 4 is 17.9 Å². The average Bonchev–Trinajstić information content (AvgIpc) is 3.02. The van der Waals surface area contributed by atoms with E-state index in [0.717, 1.165) is 11.3 Å². The Morgan fingerprint density at radius 3 is 2.33 bits per heavy atom. The topological polar surface area (TPSA) is 66.3 Å². The molecule has 0 aliphatic carbocycles. The first-order valence-corrected chi connectivity index (χ1v) is 8.52. The van der Waals surface area contributed by atoms with E-state index in [2.05, 4.69) is 4.99 Å². The monoisotopic (exact) mass is 367 g/mol.